The Hall–Kier alpha value is -0.0400. The molecule has 0 aromatic rings. The molecule has 1 fully saturated rings. The zero-order valence-corrected chi connectivity index (χ0v) is 15.8. The molecule has 0 aromatic heterocycles. The van der Waals surface area contributed by atoms with Crippen molar-refractivity contribution in [2.45, 2.75) is 58.9 Å². The number of rotatable bonds is 7. The quantitative estimate of drug-likeness (QED) is 0.395. The molecule has 1 rings (SSSR count). The van der Waals surface area contributed by atoms with E-state index in [1.807, 2.05) is 0 Å². The van der Waals surface area contributed by atoms with Crippen LogP contribution < -0.4 is 10.6 Å². The van der Waals surface area contributed by atoms with Gasteiger partial charge in [0.1, 0.15) is 0 Å². The highest BCUT2D eigenvalue weighted by molar-refractivity contribution is 14.0. The SMILES string of the molecule is CCCN=C(NCC)NCCN1CCCCC1CC.I. The third-order valence-electron chi connectivity index (χ3n) is 3.75. The fraction of sp³-hybridized carbons (Fsp3) is 0.933. The summed E-state index contributed by atoms with van der Waals surface area (Å²) in [6.07, 6.45) is 6.52. The molecule has 120 valence electrons. The number of aliphatic imine (C=N–C) groups is 1. The minimum Gasteiger partial charge on any atom is -0.357 e. The summed E-state index contributed by atoms with van der Waals surface area (Å²) in [7, 11) is 0. The van der Waals surface area contributed by atoms with Gasteiger partial charge in [0, 0.05) is 32.2 Å². The second-order valence-corrected chi connectivity index (χ2v) is 5.28. The van der Waals surface area contributed by atoms with Gasteiger partial charge < -0.3 is 10.6 Å². The largest absolute Gasteiger partial charge is 0.357 e. The molecule has 0 radical (unpaired) electrons. The first-order valence-electron chi connectivity index (χ1n) is 8.08. The Bertz CT molecular complexity index is 258. The van der Waals surface area contributed by atoms with Crippen LogP contribution in [-0.4, -0.2) is 49.6 Å². The van der Waals surface area contributed by atoms with Crippen molar-refractivity contribution in [1.82, 2.24) is 15.5 Å². The van der Waals surface area contributed by atoms with Gasteiger partial charge in [0.2, 0.25) is 0 Å². The normalized spacial score (nSPS) is 20.4. The van der Waals surface area contributed by atoms with Crippen molar-refractivity contribution in [3.8, 4) is 0 Å². The Balaban J connectivity index is 0.00000361. The third-order valence-corrected chi connectivity index (χ3v) is 3.75. The molecule has 0 saturated carbocycles. The predicted octanol–water partition coefficient (Wildman–Crippen LogP) is 2.83. The van der Waals surface area contributed by atoms with Gasteiger partial charge in [-0.25, -0.2) is 0 Å². The van der Waals surface area contributed by atoms with Crippen molar-refractivity contribution in [3.63, 3.8) is 0 Å². The van der Waals surface area contributed by atoms with E-state index in [9.17, 15) is 0 Å². The molecular formula is C15H33IN4. The van der Waals surface area contributed by atoms with Crippen LogP contribution in [0.5, 0.6) is 0 Å². The molecule has 1 atom stereocenters. The second-order valence-electron chi connectivity index (χ2n) is 5.28. The van der Waals surface area contributed by atoms with Crippen molar-refractivity contribution >= 4 is 29.9 Å². The van der Waals surface area contributed by atoms with E-state index in [4.69, 9.17) is 0 Å². The minimum atomic E-state index is 0. The molecular weight excluding hydrogens is 363 g/mol. The van der Waals surface area contributed by atoms with Crippen molar-refractivity contribution in [2.75, 3.05) is 32.7 Å². The monoisotopic (exact) mass is 396 g/mol. The summed E-state index contributed by atoms with van der Waals surface area (Å²) < 4.78 is 0. The van der Waals surface area contributed by atoms with E-state index in [1.54, 1.807) is 0 Å². The first-order valence-corrected chi connectivity index (χ1v) is 8.08. The summed E-state index contributed by atoms with van der Waals surface area (Å²) >= 11 is 0. The summed E-state index contributed by atoms with van der Waals surface area (Å²) in [6.45, 7) is 11.8. The average molecular weight is 396 g/mol. The van der Waals surface area contributed by atoms with E-state index in [0.717, 1.165) is 44.6 Å². The molecule has 20 heavy (non-hydrogen) atoms. The molecule has 1 aliphatic heterocycles. The molecule has 1 heterocycles. The van der Waals surface area contributed by atoms with Crippen molar-refractivity contribution in [3.05, 3.63) is 0 Å². The second kappa shape index (κ2) is 12.7. The number of guanidine groups is 1. The van der Waals surface area contributed by atoms with Crippen LogP contribution in [-0.2, 0) is 0 Å². The minimum absolute atomic E-state index is 0. The van der Waals surface area contributed by atoms with Gasteiger partial charge in [-0.3, -0.25) is 9.89 Å². The Morgan fingerprint density at radius 2 is 2.00 bits per heavy atom. The van der Waals surface area contributed by atoms with Gasteiger partial charge in [0.15, 0.2) is 5.96 Å². The van der Waals surface area contributed by atoms with Crippen LogP contribution in [0.4, 0.5) is 0 Å². The Morgan fingerprint density at radius 1 is 1.20 bits per heavy atom. The molecule has 0 aromatic carbocycles. The van der Waals surface area contributed by atoms with Crippen LogP contribution in [0.3, 0.4) is 0 Å². The first-order chi connectivity index (χ1) is 9.31. The van der Waals surface area contributed by atoms with E-state index in [2.05, 4.69) is 41.3 Å². The standard InChI is InChI=1S/C15H32N4.HI/c1-4-10-17-15(16-6-3)18-11-13-19-12-8-7-9-14(19)5-2;/h14H,4-13H2,1-3H3,(H2,16,17,18);1H. The van der Waals surface area contributed by atoms with E-state index < -0.39 is 0 Å². The lowest BCUT2D eigenvalue weighted by Crippen LogP contribution is -2.45. The number of nitrogens with one attached hydrogen (secondary N) is 2. The summed E-state index contributed by atoms with van der Waals surface area (Å²) in [5.74, 6) is 0.967. The number of piperidine rings is 1. The van der Waals surface area contributed by atoms with Crippen LogP contribution in [0.1, 0.15) is 52.9 Å². The van der Waals surface area contributed by atoms with Gasteiger partial charge in [-0.1, -0.05) is 20.3 Å². The topological polar surface area (TPSA) is 39.7 Å². The number of likely N-dealkylation sites (tertiary alicyclic amines) is 1. The first kappa shape index (κ1) is 20.0. The lowest BCUT2D eigenvalue weighted by molar-refractivity contribution is 0.147. The summed E-state index contributed by atoms with van der Waals surface area (Å²) in [5.41, 5.74) is 0. The van der Waals surface area contributed by atoms with Crippen LogP contribution in [0, 0.1) is 0 Å². The lowest BCUT2D eigenvalue weighted by Gasteiger charge is -2.35. The van der Waals surface area contributed by atoms with E-state index in [1.165, 1.54) is 32.2 Å². The molecule has 1 unspecified atom stereocenters. The molecule has 0 amide bonds. The zero-order valence-electron chi connectivity index (χ0n) is 13.5. The van der Waals surface area contributed by atoms with Crippen LogP contribution in [0.25, 0.3) is 0 Å². The van der Waals surface area contributed by atoms with Crippen LogP contribution >= 0.6 is 24.0 Å². The zero-order chi connectivity index (χ0) is 13.9. The van der Waals surface area contributed by atoms with Crippen molar-refractivity contribution in [1.29, 1.82) is 0 Å². The van der Waals surface area contributed by atoms with E-state index >= 15 is 0 Å². The van der Waals surface area contributed by atoms with E-state index in [0.29, 0.717) is 0 Å². The molecule has 1 aliphatic rings. The number of hydrogen-bond donors (Lipinski definition) is 2. The molecule has 0 aliphatic carbocycles. The maximum atomic E-state index is 4.53. The maximum absolute atomic E-state index is 4.53. The fourth-order valence-corrected chi connectivity index (χ4v) is 2.70. The smallest absolute Gasteiger partial charge is 0.191 e. The van der Waals surface area contributed by atoms with Crippen LogP contribution in [0.15, 0.2) is 4.99 Å². The summed E-state index contributed by atoms with van der Waals surface area (Å²) in [6, 6.07) is 0.797. The summed E-state index contributed by atoms with van der Waals surface area (Å²) in [5, 5.41) is 6.75. The molecule has 2 N–H and O–H groups in total. The van der Waals surface area contributed by atoms with Crippen LogP contribution in [0.2, 0.25) is 0 Å². The Kier molecular flexibility index (Phi) is 12.7. The van der Waals surface area contributed by atoms with Gasteiger partial charge in [0.25, 0.3) is 0 Å². The van der Waals surface area contributed by atoms with Gasteiger partial charge >= 0.3 is 0 Å². The van der Waals surface area contributed by atoms with Crippen molar-refractivity contribution in [2.24, 2.45) is 4.99 Å². The van der Waals surface area contributed by atoms with E-state index in [-0.39, 0.29) is 24.0 Å². The highest BCUT2D eigenvalue weighted by Gasteiger charge is 2.19. The van der Waals surface area contributed by atoms with Gasteiger partial charge in [-0.05, 0) is 39.2 Å². The Labute approximate surface area is 142 Å². The highest BCUT2D eigenvalue weighted by atomic mass is 127. The molecule has 0 spiro atoms. The molecule has 1 saturated heterocycles. The average Bonchev–Trinajstić information content (AvgIpc) is 2.45. The number of nitrogens with zero attached hydrogens (tertiary/aromatic N) is 2. The predicted molar refractivity (Wildman–Crippen MR) is 99.2 cm³/mol. The van der Waals surface area contributed by atoms with Gasteiger partial charge in [-0.2, -0.15) is 0 Å². The third kappa shape index (κ3) is 7.67. The lowest BCUT2D eigenvalue weighted by atomic mass is 10.0. The van der Waals surface area contributed by atoms with Crippen molar-refractivity contribution < 1.29 is 0 Å². The highest BCUT2D eigenvalue weighted by Crippen LogP contribution is 2.18. The Morgan fingerprint density at radius 3 is 2.65 bits per heavy atom. The van der Waals surface area contributed by atoms with Gasteiger partial charge in [-0.15, -0.1) is 24.0 Å². The number of hydrogen-bond acceptors (Lipinski definition) is 2. The molecule has 5 heteroatoms. The summed E-state index contributed by atoms with van der Waals surface area (Å²) in [4.78, 5) is 7.17. The maximum Gasteiger partial charge on any atom is 0.191 e. The molecule has 4 nitrogen and oxygen atoms in total. The molecule has 0 bridgehead atoms. The number of halogens is 1. The van der Waals surface area contributed by atoms with Gasteiger partial charge in [0.05, 0.1) is 0 Å². The fourth-order valence-electron chi connectivity index (χ4n) is 2.70.